The molecule has 0 aliphatic heterocycles. The van der Waals surface area contributed by atoms with Crippen LogP contribution in [0.5, 0.6) is 0 Å². The van der Waals surface area contributed by atoms with Gasteiger partial charge in [0.05, 0.1) is 26.4 Å². The van der Waals surface area contributed by atoms with Crippen LogP contribution in [0.2, 0.25) is 0 Å². The maximum atomic E-state index is 13.0. The van der Waals surface area contributed by atoms with Crippen LogP contribution in [0.25, 0.3) is 0 Å². The third kappa shape index (κ3) is 60.7. The number of hydrogen-bond acceptors (Lipinski definition) is 15. The average Bonchev–Trinajstić information content (AvgIpc) is 3.51. The Bertz CT molecular complexity index is 1650. The predicted molar refractivity (Wildman–Crippen MR) is 340 cm³/mol. The van der Waals surface area contributed by atoms with Crippen molar-refractivity contribution in [1.29, 1.82) is 0 Å². The van der Waals surface area contributed by atoms with E-state index in [0.717, 1.165) is 89.9 Å². The monoisotopic (exact) mass is 1250 g/mol. The molecule has 0 radical (unpaired) electrons. The summed E-state index contributed by atoms with van der Waals surface area (Å²) in [5.74, 6) is -1.43. The minimum Gasteiger partial charge on any atom is -0.462 e. The molecular formula is C66H128O17P2. The zero-order valence-electron chi connectivity index (χ0n) is 54.7. The van der Waals surface area contributed by atoms with E-state index < -0.39 is 97.5 Å². The number of phosphoric acid groups is 2. The van der Waals surface area contributed by atoms with Crippen molar-refractivity contribution in [1.82, 2.24) is 0 Å². The lowest BCUT2D eigenvalue weighted by atomic mass is 10.0. The molecule has 0 aliphatic rings. The van der Waals surface area contributed by atoms with Gasteiger partial charge in [0.15, 0.2) is 12.2 Å². The average molecular weight is 1260 g/mol. The van der Waals surface area contributed by atoms with Gasteiger partial charge >= 0.3 is 39.5 Å². The Kier molecular flexibility index (Phi) is 58.3. The third-order valence-corrected chi connectivity index (χ3v) is 17.2. The first kappa shape index (κ1) is 83.1. The lowest BCUT2D eigenvalue weighted by Gasteiger charge is -2.21. The Hall–Kier alpha value is -1.94. The first-order valence-electron chi connectivity index (χ1n) is 34.6. The fourth-order valence-corrected chi connectivity index (χ4v) is 11.5. The van der Waals surface area contributed by atoms with Gasteiger partial charge in [0.25, 0.3) is 0 Å². The molecule has 2 unspecified atom stereocenters. The molecule has 0 amide bonds. The number of aliphatic hydroxyl groups is 1. The van der Waals surface area contributed by atoms with E-state index in [9.17, 15) is 43.2 Å². The van der Waals surface area contributed by atoms with E-state index in [2.05, 4.69) is 34.6 Å². The molecule has 0 spiro atoms. The van der Waals surface area contributed by atoms with Crippen molar-refractivity contribution >= 4 is 39.5 Å². The number of carbonyl (C=O) groups is 4. The van der Waals surface area contributed by atoms with Gasteiger partial charge in [0, 0.05) is 25.7 Å². The second kappa shape index (κ2) is 59.7. The fourth-order valence-electron chi connectivity index (χ4n) is 9.94. The SMILES string of the molecule is CCCCCCCCCCCCCCCC(=O)O[C@H](COC(=O)CCCCCCCCCCCCCC)COP(=O)(O)OC[C@@H](O)COP(=O)(O)OC[C@@H](COC(=O)CCCCCCCCCCCC)OC(=O)CCCCCCCCCC(C)C. The van der Waals surface area contributed by atoms with Crippen LogP contribution in [0.1, 0.15) is 336 Å². The Labute approximate surface area is 517 Å². The van der Waals surface area contributed by atoms with Crippen LogP contribution < -0.4 is 0 Å². The van der Waals surface area contributed by atoms with Gasteiger partial charge in [-0.3, -0.25) is 37.3 Å². The number of carbonyl (C=O) groups excluding carboxylic acids is 4. The molecule has 0 aromatic carbocycles. The summed E-state index contributed by atoms with van der Waals surface area (Å²) in [5, 5.41) is 10.5. The first-order chi connectivity index (χ1) is 41.0. The van der Waals surface area contributed by atoms with Gasteiger partial charge in [-0.05, 0) is 31.6 Å². The van der Waals surface area contributed by atoms with Crippen LogP contribution in [-0.2, 0) is 65.4 Å². The van der Waals surface area contributed by atoms with Gasteiger partial charge in [0.2, 0.25) is 0 Å². The molecule has 0 rings (SSSR count). The van der Waals surface area contributed by atoms with Crippen LogP contribution in [-0.4, -0.2) is 96.7 Å². The summed E-state index contributed by atoms with van der Waals surface area (Å²) in [6.45, 7) is 7.15. The Morgan fingerprint density at radius 3 is 0.800 bits per heavy atom. The topological polar surface area (TPSA) is 237 Å². The van der Waals surface area contributed by atoms with Crippen molar-refractivity contribution < 1.29 is 80.2 Å². The molecule has 0 heterocycles. The Balaban J connectivity index is 5.24. The Morgan fingerprint density at radius 2 is 0.541 bits per heavy atom. The van der Waals surface area contributed by atoms with Gasteiger partial charge in [-0.25, -0.2) is 9.13 Å². The molecule has 0 bridgehead atoms. The summed E-state index contributed by atoms with van der Waals surface area (Å²) in [6, 6.07) is 0. The quantitative estimate of drug-likeness (QED) is 0.0222. The molecule has 3 N–H and O–H groups in total. The Morgan fingerprint density at radius 1 is 0.318 bits per heavy atom. The highest BCUT2D eigenvalue weighted by Gasteiger charge is 2.30. The zero-order valence-corrected chi connectivity index (χ0v) is 56.5. The van der Waals surface area contributed by atoms with E-state index in [1.807, 2.05) is 0 Å². The number of esters is 4. The van der Waals surface area contributed by atoms with Crippen molar-refractivity contribution in [2.75, 3.05) is 39.6 Å². The molecule has 17 nitrogen and oxygen atoms in total. The van der Waals surface area contributed by atoms with Crippen molar-refractivity contribution in [3.05, 3.63) is 0 Å². The van der Waals surface area contributed by atoms with E-state index in [-0.39, 0.29) is 25.7 Å². The number of unbranched alkanes of at least 4 members (excludes halogenated alkanes) is 38. The first-order valence-corrected chi connectivity index (χ1v) is 37.6. The van der Waals surface area contributed by atoms with E-state index in [4.69, 9.17) is 37.0 Å². The lowest BCUT2D eigenvalue weighted by Crippen LogP contribution is -2.30. The molecule has 0 saturated heterocycles. The molecule has 0 aromatic heterocycles. The van der Waals surface area contributed by atoms with Crippen LogP contribution in [0.4, 0.5) is 0 Å². The predicted octanol–water partition coefficient (Wildman–Crippen LogP) is 18.6. The van der Waals surface area contributed by atoms with Gasteiger partial charge < -0.3 is 33.8 Å². The van der Waals surface area contributed by atoms with E-state index >= 15 is 0 Å². The van der Waals surface area contributed by atoms with Crippen LogP contribution in [0.3, 0.4) is 0 Å². The zero-order chi connectivity index (χ0) is 62.8. The van der Waals surface area contributed by atoms with Crippen LogP contribution in [0, 0.1) is 5.92 Å². The van der Waals surface area contributed by atoms with Crippen molar-refractivity contribution in [2.45, 2.75) is 355 Å². The summed E-state index contributed by atoms with van der Waals surface area (Å²) >= 11 is 0. The number of rotatable bonds is 66. The number of aliphatic hydroxyl groups excluding tert-OH is 1. The number of ether oxygens (including phenoxy) is 4. The van der Waals surface area contributed by atoms with Crippen molar-refractivity contribution in [3.63, 3.8) is 0 Å². The van der Waals surface area contributed by atoms with Crippen molar-refractivity contribution in [3.8, 4) is 0 Å². The van der Waals surface area contributed by atoms with E-state index in [1.54, 1.807) is 0 Å². The molecule has 5 atom stereocenters. The molecule has 504 valence electrons. The van der Waals surface area contributed by atoms with Gasteiger partial charge in [-0.15, -0.1) is 0 Å². The molecule has 0 aliphatic carbocycles. The smallest absolute Gasteiger partial charge is 0.462 e. The summed E-state index contributed by atoms with van der Waals surface area (Å²) in [7, 11) is -9.89. The summed E-state index contributed by atoms with van der Waals surface area (Å²) < 4.78 is 68.1. The van der Waals surface area contributed by atoms with Crippen molar-refractivity contribution in [2.24, 2.45) is 5.92 Å². The van der Waals surface area contributed by atoms with E-state index in [0.29, 0.717) is 31.6 Å². The summed E-state index contributed by atoms with van der Waals surface area (Å²) in [5.41, 5.74) is 0. The van der Waals surface area contributed by atoms with E-state index in [1.165, 1.54) is 161 Å². The highest BCUT2D eigenvalue weighted by molar-refractivity contribution is 7.47. The van der Waals surface area contributed by atoms with Crippen LogP contribution >= 0.6 is 15.6 Å². The lowest BCUT2D eigenvalue weighted by molar-refractivity contribution is -0.161. The molecule has 85 heavy (non-hydrogen) atoms. The summed E-state index contributed by atoms with van der Waals surface area (Å²) in [6.07, 6.45) is 44.4. The highest BCUT2D eigenvalue weighted by Crippen LogP contribution is 2.45. The summed E-state index contributed by atoms with van der Waals surface area (Å²) in [4.78, 5) is 72.3. The highest BCUT2D eigenvalue weighted by atomic mass is 31.2. The number of hydrogen-bond donors (Lipinski definition) is 3. The van der Waals surface area contributed by atoms with Gasteiger partial charge in [0.1, 0.15) is 19.3 Å². The third-order valence-electron chi connectivity index (χ3n) is 15.3. The normalized spacial score (nSPS) is 14.2. The molecular weight excluding hydrogens is 1130 g/mol. The minimum absolute atomic E-state index is 0.104. The number of phosphoric ester groups is 2. The minimum atomic E-state index is -4.95. The second-order valence-electron chi connectivity index (χ2n) is 24.3. The standard InChI is InChI=1S/C66H128O17P2/c1-6-9-12-15-18-21-24-26-28-31-36-41-46-51-65(70)82-61(55-77-64(69)50-45-40-35-30-27-25-22-19-16-13-10-7-2)57-80-84(72,73)78-53-60(67)54-79-85(74,75)81-58-62(83-66(71)52-47-42-37-32-33-38-43-48-59(4)5)56-76-63(68)49-44-39-34-29-23-20-17-14-11-8-3/h59-62,67H,6-58H2,1-5H3,(H,72,73)(H,74,75)/t60-,61-,62-/m1/s1. The fraction of sp³-hybridized carbons (Fsp3) is 0.939. The molecule has 19 heteroatoms. The van der Waals surface area contributed by atoms with Gasteiger partial charge in [-0.1, -0.05) is 285 Å². The maximum absolute atomic E-state index is 13.0. The molecule has 0 fully saturated rings. The molecule has 0 saturated carbocycles. The largest absolute Gasteiger partial charge is 0.472 e. The van der Waals surface area contributed by atoms with Crippen LogP contribution in [0.15, 0.2) is 0 Å². The van der Waals surface area contributed by atoms with Gasteiger partial charge in [-0.2, -0.15) is 0 Å². The molecule has 0 aromatic rings. The maximum Gasteiger partial charge on any atom is 0.472 e. The second-order valence-corrected chi connectivity index (χ2v) is 27.2.